The molecule has 1 saturated heterocycles. The summed E-state index contributed by atoms with van der Waals surface area (Å²) in [4.78, 5) is 10.4. The zero-order valence-electron chi connectivity index (χ0n) is 13.7. The molecule has 0 spiro atoms. The van der Waals surface area contributed by atoms with Crippen LogP contribution >= 0.6 is 11.3 Å². The molecule has 1 aliphatic heterocycles. The molecule has 1 fully saturated rings. The number of rotatable bonds is 3. The molecular formula is C15H19FN4O2S2. The Kier molecular flexibility index (Phi) is 4.58. The Labute approximate surface area is 145 Å². The molecule has 0 saturated carbocycles. The van der Waals surface area contributed by atoms with Crippen molar-refractivity contribution >= 4 is 27.3 Å². The molecule has 6 nitrogen and oxygen atoms in total. The molecule has 0 amide bonds. The van der Waals surface area contributed by atoms with Gasteiger partial charge in [-0.15, -0.1) is 0 Å². The van der Waals surface area contributed by atoms with E-state index >= 15 is 0 Å². The first-order valence-corrected chi connectivity index (χ1v) is 10.3. The summed E-state index contributed by atoms with van der Waals surface area (Å²) in [5.41, 5.74) is 0.989. The van der Waals surface area contributed by atoms with Crippen molar-refractivity contribution < 1.29 is 12.8 Å². The van der Waals surface area contributed by atoms with E-state index in [0.29, 0.717) is 19.0 Å². The summed E-state index contributed by atoms with van der Waals surface area (Å²) in [6.07, 6.45) is 2.39. The Balaban J connectivity index is 1.91. The maximum atomic E-state index is 14.1. The summed E-state index contributed by atoms with van der Waals surface area (Å²) in [6, 6.07) is 1.51. The molecule has 0 N–H and O–H groups in total. The molecule has 1 aliphatic rings. The van der Waals surface area contributed by atoms with Crippen molar-refractivity contribution in [3.8, 4) is 11.3 Å². The first-order valence-electron chi connectivity index (χ1n) is 7.56. The lowest BCUT2D eigenvalue weighted by molar-refractivity contribution is 0.272. The molecule has 0 radical (unpaired) electrons. The number of aromatic nitrogens is 2. The number of hydrogen-bond donors (Lipinski definition) is 0. The Morgan fingerprint density at radius 1 is 1.29 bits per heavy atom. The number of halogens is 1. The highest BCUT2D eigenvalue weighted by molar-refractivity contribution is 7.88. The minimum atomic E-state index is -3.26. The van der Waals surface area contributed by atoms with Crippen LogP contribution in [0.15, 0.2) is 23.0 Å². The van der Waals surface area contributed by atoms with Gasteiger partial charge in [0.15, 0.2) is 5.82 Å². The summed E-state index contributed by atoms with van der Waals surface area (Å²) in [5.74, 6) is -0.0438. The molecule has 3 heterocycles. The van der Waals surface area contributed by atoms with Gasteiger partial charge in [0.25, 0.3) is 0 Å². The normalized spacial score (nSPS) is 22.8. The Morgan fingerprint density at radius 3 is 2.67 bits per heavy atom. The second kappa shape index (κ2) is 6.38. The fraction of sp³-hybridized carbons (Fsp3) is 0.467. The molecule has 2 atom stereocenters. The maximum Gasteiger partial charge on any atom is 0.226 e. The van der Waals surface area contributed by atoms with Crippen molar-refractivity contribution in [1.29, 1.82) is 0 Å². The lowest BCUT2D eigenvalue weighted by atomic mass is 10.1. The van der Waals surface area contributed by atoms with E-state index in [1.54, 1.807) is 0 Å². The van der Waals surface area contributed by atoms with Crippen LogP contribution in [0.1, 0.15) is 13.8 Å². The van der Waals surface area contributed by atoms with E-state index in [1.165, 1.54) is 28.1 Å². The predicted molar refractivity (Wildman–Crippen MR) is 93.1 cm³/mol. The highest BCUT2D eigenvalue weighted by atomic mass is 32.2. The second-order valence-electron chi connectivity index (χ2n) is 6.06. The van der Waals surface area contributed by atoms with E-state index in [2.05, 4.69) is 9.97 Å². The summed E-state index contributed by atoms with van der Waals surface area (Å²) >= 11 is 1.47. The third-order valence-electron chi connectivity index (χ3n) is 4.14. The lowest BCUT2D eigenvalue weighted by Crippen LogP contribution is -2.58. The molecule has 9 heteroatoms. The van der Waals surface area contributed by atoms with Gasteiger partial charge < -0.3 is 4.90 Å². The Morgan fingerprint density at radius 2 is 2.04 bits per heavy atom. The van der Waals surface area contributed by atoms with Crippen molar-refractivity contribution in [2.75, 3.05) is 24.2 Å². The molecular weight excluding hydrogens is 351 g/mol. The van der Waals surface area contributed by atoms with Crippen LogP contribution in [0.25, 0.3) is 11.3 Å². The standard InChI is InChI=1S/C15H19FN4O2S2/c1-10-8-20(24(3,21)22)11(2)7-19(10)15-17-6-13(16)14(18-15)12-4-5-23-9-12/h4-6,9-11H,7-8H2,1-3H3. The molecule has 2 aromatic heterocycles. The SMILES string of the molecule is CC1CN(S(C)(=O)=O)C(C)CN1c1ncc(F)c(-c2ccsc2)n1. The number of nitrogens with zero attached hydrogens (tertiary/aromatic N) is 4. The van der Waals surface area contributed by atoms with Gasteiger partial charge in [-0.2, -0.15) is 15.6 Å². The van der Waals surface area contributed by atoms with E-state index in [9.17, 15) is 12.8 Å². The summed E-state index contributed by atoms with van der Waals surface area (Å²) in [6.45, 7) is 4.59. The zero-order chi connectivity index (χ0) is 17.5. The van der Waals surface area contributed by atoms with E-state index < -0.39 is 15.8 Å². The predicted octanol–water partition coefficient (Wildman–Crippen LogP) is 2.20. The quantitative estimate of drug-likeness (QED) is 0.829. The van der Waals surface area contributed by atoms with Crippen LogP contribution in [0.4, 0.5) is 10.3 Å². The van der Waals surface area contributed by atoms with Crippen molar-refractivity contribution in [2.24, 2.45) is 0 Å². The van der Waals surface area contributed by atoms with E-state index in [4.69, 9.17) is 0 Å². The van der Waals surface area contributed by atoms with Crippen molar-refractivity contribution in [2.45, 2.75) is 25.9 Å². The van der Waals surface area contributed by atoms with Crippen molar-refractivity contribution in [3.63, 3.8) is 0 Å². The fourth-order valence-electron chi connectivity index (χ4n) is 2.93. The first-order chi connectivity index (χ1) is 11.3. The van der Waals surface area contributed by atoms with Crippen LogP contribution in [-0.4, -0.2) is 54.1 Å². The van der Waals surface area contributed by atoms with Gasteiger partial charge in [-0.05, 0) is 25.3 Å². The Bertz CT molecular complexity index is 826. The minimum Gasteiger partial charge on any atom is -0.335 e. The monoisotopic (exact) mass is 370 g/mol. The molecule has 24 heavy (non-hydrogen) atoms. The summed E-state index contributed by atoms with van der Waals surface area (Å²) in [5, 5.41) is 3.70. The third-order valence-corrected chi connectivity index (χ3v) is 6.18. The van der Waals surface area contributed by atoms with E-state index in [-0.39, 0.29) is 17.8 Å². The number of piperazine rings is 1. The van der Waals surface area contributed by atoms with Gasteiger partial charge in [0, 0.05) is 36.1 Å². The van der Waals surface area contributed by atoms with Crippen LogP contribution in [0.2, 0.25) is 0 Å². The largest absolute Gasteiger partial charge is 0.335 e. The second-order valence-corrected chi connectivity index (χ2v) is 8.78. The first kappa shape index (κ1) is 17.2. The van der Waals surface area contributed by atoms with Crippen molar-refractivity contribution in [3.05, 3.63) is 28.8 Å². The summed E-state index contributed by atoms with van der Waals surface area (Å²) < 4.78 is 39.3. The van der Waals surface area contributed by atoms with Crippen LogP contribution in [0, 0.1) is 5.82 Å². The average Bonchev–Trinajstić information content (AvgIpc) is 3.03. The molecule has 2 aromatic rings. The van der Waals surface area contributed by atoms with Gasteiger partial charge in [0.1, 0.15) is 5.69 Å². The molecule has 0 aromatic carbocycles. The van der Waals surface area contributed by atoms with Gasteiger partial charge in [0.2, 0.25) is 16.0 Å². The maximum absolute atomic E-state index is 14.1. The van der Waals surface area contributed by atoms with E-state index in [1.807, 2.05) is 35.6 Å². The summed E-state index contributed by atoms with van der Waals surface area (Å²) in [7, 11) is -3.26. The third kappa shape index (κ3) is 3.28. The van der Waals surface area contributed by atoms with Gasteiger partial charge in [0.05, 0.1) is 12.5 Å². The van der Waals surface area contributed by atoms with Crippen molar-refractivity contribution in [1.82, 2.24) is 14.3 Å². The van der Waals surface area contributed by atoms with Gasteiger partial charge in [-0.3, -0.25) is 0 Å². The Hall–Kier alpha value is -1.58. The lowest BCUT2D eigenvalue weighted by Gasteiger charge is -2.42. The number of thiophene rings is 1. The van der Waals surface area contributed by atoms with Gasteiger partial charge >= 0.3 is 0 Å². The zero-order valence-corrected chi connectivity index (χ0v) is 15.3. The van der Waals surface area contributed by atoms with Crippen LogP contribution < -0.4 is 4.90 Å². The highest BCUT2D eigenvalue weighted by Gasteiger charge is 2.35. The topological polar surface area (TPSA) is 66.4 Å². The molecule has 2 unspecified atom stereocenters. The minimum absolute atomic E-state index is 0.100. The number of hydrogen-bond acceptors (Lipinski definition) is 6. The molecule has 0 bridgehead atoms. The van der Waals surface area contributed by atoms with Crippen LogP contribution in [-0.2, 0) is 10.0 Å². The van der Waals surface area contributed by atoms with Gasteiger partial charge in [-0.25, -0.2) is 22.8 Å². The van der Waals surface area contributed by atoms with Gasteiger partial charge in [-0.1, -0.05) is 0 Å². The number of anilines is 1. The van der Waals surface area contributed by atoms with Crippen LogP contribution in [0.5, 0.6) is 0 Å². The average molecular weight is 370 g/mol. The smallest absolute Gasteiger partial charge is 0.226 e. The molecule has 130 valence electrons. The van der Waals surface area contributed by atoms with E-state index in [0.717, 1.165) is 5.56 Å². The fourth-order valence-corrected chi connectivity index (χ4v) is 4.78. The number of sulfonamides is 1. The molecule has 0 aliphatic carbocycles. The van der Waals surface area contributed by atoms with Crippen LogP contribution in [0.3, 0.4) is 0 Å². The molecule has 3 rings (SSSR count). The highest BCUT2D eigenvalue weighted by Crippen LogP contribution is 2.27.